The number of ketones is 1. The van der Waals surface area contributed by atoms with Crippen molar-refractivity contribution in [1.82, 2.24) is 0 Å². The zero-order valence-corrected chi connectivity index (χ0v) is 17.4. The van der Waals surface area contributed by atoms with Gasteiger partial charge in [0.2, 0.25) is 0 Å². The van der Waals surface area contributed by atoms with E-state index in [4.69, 9.17) is 24.5 Å². The van der Waals surface area contributed by atoms with Gasteiger partial charge in [-0.25, -0.2) is 4.79 Å². The molecule has 0 bridgehead atoms. The van der Waals surface area contributed by atoms with E-state index in [-0.39, 0.29) is 25.0 Å². The van der Waals surface area contributed by atoms with Crippen LogP contribution in [0.15, 0.2) is 17.2 Å². The highest BCUT2D eigenvalue weighted by atomic mass is 16.8. The fourth-order valence-corrected chi connectivity index (χ4v) is 3.78. The van der Waals surface area contributed by atoms with Crippen molar-refractivity contribution in [3.05, 3.63) is 33.7 Å². The predicted molar refractivity (Wildman–Crippen MR) is 105 cm³/mol. The van der Waals surface area contributed by atoms with Crippen molar-refractivity contribution in [3.8, 4) is 5.75 Å². The van der Waals surface area contributed by atoms with Gasteiger partial charge in [-0.05, 0) is 44.0 Å². The minimum atomic E-state index is -1.04. The third kappa shape index (κ3) is 3.96. The quantitative estimate of drug-likeness (QED) is 0.307. The summed E-state index contributed by atoms with van der Waals surface area (Å²) in [4.78, 5) is 40.6. The van der Waals surface area contributed by atoms with E-state index in [0.29, 0.717) is 35.7 Å². The lowest BCUT2D eigenvalue weighted by molar-refractivity contribution is -0.154. The van der Waals surface area contributed by atoms with Gasteiger partial charge in [0.15, 0.2) is 18.0 Å². The van der Waals surface area contributed by atoms with Crippen molar-refractivity contribution in [2.45, 2.75) is 45.6 Å². The van der Waals surface area contributed by atoms with Crippen LogP contribution in [0.1, 0.15) is 37.9 Å². The number of hydrogen-bond donors (Lipinski definition) is 0. The van der Waals surface area contributed by atoms with E-state index < -0.39 is 29.8 Å². The van der Waals surface area contributed by atoms with E-state index >= 15 is 0 Å². The van der Waals surface area contributed by atoms with Gasteiger partial charge in [0.1, 0.15) is 25.0 Å². The van der Waals surface area contributed by atoms with Crippen LogP contribution < -0.4 is 9.64 Å². The molecule has 2 fully saturated rings. The summed E-state index contributed by atoms with van der Waals surface area (Å²) in [6, 6.07) is 2.40. The number of rotatable bonds is 4. The van der Waals surface area contributed by atoms with Crippen molar-refractivity contribution in [2.75, 3.05) is 24.6 Å². The molecule has 11 heteroatoms. The van der Waals surface area contributed by atoms with Crippen LogP contribution in [-0.2, 0) is 30.4 Å². The number of azide groups is 1. The van der Waals surface area contributed by atoms with Crippen LogP contribution in [0.4, 0.5) is 10.5 Å². The monoisotopic (exact) mass is 430 g/mol. The Morgan fingerprint density at radius 2 is 1.94 bits per heavy atom. The Morgan fingerprint density at radius 1 is 1.26 bits per heavy atom. The highest BCUT2D eigenvalue weighted by molar-refractivity contribution is 5.91. The molecule has 0 aliphatic carbocycles. The Labute approximate surface area is 177 Å². The Morgan fingerprint density at radius 3 is 2.55 bits per heavy atom. The van der Waals surface area contributed by atoms with Crippen molar-refractivity contribution in [1.29, 1.82) is 0 Å². The standard InChI is InChI=1S/C20H22N4O7/c1-20(2,3)18(26)29-8-10-4-11(24-6-14-15(7-24)31-19(27)30-14)16-13(5-10)28-9-12(25)17(16)22-23-21/h4-5,14-15,17H,6-9H2,1-3H3/t14-,15+,17?. The van der Waals surface area contributed by atoms with Crippen molar-refractivity contribution >= 4 is 23.6 Å². The molecular formula is C20H22N4O7. The Kier molecular flexibility index (Phi) is 5.14. The van der Waals surface area contributed by atoms with Crippen LogP contribution in [0, 0.1) is 5.41 Å². The number of hydrogen-bond acceptors (Lipinski definition) is 9. The number of esters is 1. The third-order valence-corrected chi connectivity index (χ3v) is 5.33. The lowest BCUT2D eigenvalue weighted by atomic mass is 9.95. The largest absolute Gasteiger partial charge is 0.509 e. The summed E-state index contributed by atoms with van der Waals surface area (Å²) in [5, 5.41) is 3.68. The van der Waals surface area contributed by atoms with Crippen LogP contribution in [-0.4, -0.2) is 49.8 Å². The van der Waals surface area contributed by atoms with Crippen LogP contribution in [0.3, 0.4) is 0 Å². The SMILES string of the molecule is CC(C)(C)C(=O)OCc1cc2c(c(N3C[C@@H]4OC(=O)O[C@@H]4C3)c1)C(N=[N+]=[N-])C(=O)CO2. The number of Topliss-reactive ketones (excluding diaryl/α,β-unsaturated/α-hetero) is 1. The molecule has 0 saturated carbocycles. The highest BCUT2D eigenvalue weighted by Crippen LogP contribution is 2.43. The molecule has 4 rings (SSSR count). The first kappa shape index (κ1) is 20.8. The highest BCUT2D eigenvalue weighted by Gasteiger charge is 2.46. The van der Waals surface area contributed by atoms with Gasteiger partial charge in [0.25, 0.3) is 0 Å². The predicted octanol–water partition coefficient (Wildman–Crippen LogP) is 2.81. The van der Waals surface area contributed by atoms with Gasteiger partial charge in [-0.3, -0.25) is 9.59 Å². The van der Waals surface area contributed by atoms with Crippen molar-refractivity contribution < 1.29 is 33.3 Å². The number of benzene rings is 1. The molecule has 0 N–H and O–H groups in total. The number of anilines is 1. The number of nitrogens with zero attached hydrogens (tertiary/aromatic N) is 4. The first-order chi connectivity index (χ1) is 14.7. The normalized spacial score (nSPS) is 24.4. The second-order valence-electron chi connectivity index (χ2n) is 8.68. The Balaban J connectivity index is 1.70. The second-order valence-corrected chi connectivity index (χ2v) is 8.68. The first-order valence-corrected chi connectivity index (χ1v) is 9.83. The molecule has 164 valence electrons. The summed E-state index contributed by atoms with van der Waals surface area (Å²) in [6.07, 6.45) is -1.59. The van der Waals surface area contributed by atoms with Gasteiger partial charge >= 0.3 is 12.1 Å². The number of carbonyl (C=O) groups is 3. The minimum absolute atomic E-state index is 0.00601. The summed E-state index contributed by atoms with van der Waals surface area (Å²) >= 11 is 0. The number of fused-ring (bicyclic) bond motifs is 2. The Bertz CT molecular complexity index is 980. The fourth-order valence-electron chi connectivity index (χ4n) is 3.78. The lowest BCUT2D eigenvalue weighted by Gasteiger charge is -2.30. The summed E-state index contributed by atoms with van der Waals surface area (Å²) in [6.45, 7) is 5.74. The smallest absolute Gasteiger partial charge is 0.485 e. The molecule has 3 aliphatic rings. The van der Waals surface area contributed by atoms with Gasteiger partial charge in [-0.15, -0.1) is 0 Å². The molecule has 0 radical (unpaired) electrons. The summed E-state index contributed by atoms with van der Waals surface area (Å²) in [5.74, 6) is -0.336. The van der Waals surface area contributed by atoms with Crippen LogP contribution in [0.5, 0.6) is 5.75 Å². The summed E-state index contributed by atoms with van der Waals surface area (Å²) < 4.78 is 21.4. The molecule has 31 heavy (non-hydrogen) atoms. The lowest BCUT2D eigenvalue weighted by Crippen LogP contribution is -2.30. The van der Waals surface area contributed by atoms with Gasteiger partial charge in [0, 0.05) is 16.2 Å². The minimum Gasteiger partial charge on any atom is -0.485 e. The number of ether oxygens (including phenoxy) is 4. The van der Waals surface area contributed by atoms with Gasteiger partial charge < -0.3 is 23.8 Å². The fraction of sp³-hybridized carbons (Fsp3) is 0.550. The van der Waals surface area contributed by atoms with E-state index in [1.54, 1.807) is 32.9 Å². The molecule has 0 spiro atoms. The van der Waals surface area contributed by atoms with Crippen LogP contribution in [0.25, 0.3) is 10.4 Å². The van der Waals surface area contributed by atoms with E-state index in [1.807, 2.05) is 4.90 Å². The molecule has 1 unspecified atom stereocenters. The van der Waals surface area contributed by atoms with E-state index in [0.717, 1.165) is 0 Å². The van der Waals surface area contributed by atoms with Crippen LogP contribution in [0.2, 0.25) is 0 Å². The second kappa shape index (κ2) is 7.66. The molecule has 0 aromatic heterocycles. The number of carbonyl (C=O) groups excluding carboxylic acids is 3. The summed E-state index contributed by atoms with van der Waals surface area (Å²) in [7, 11) is 0. The molecular weight excluding hydrogens is 408 g/mol. The van der Waals surface area contributed by atoms with Gasteiger partial charge in [0.05, 0.1) is 18.5 Å². The van der Waals surface area contributed by atoms with E-state index in [2.05, 4.69) is 10.0 Å². The van der Waals surface area contributed by atoms with E-state index in [1.165, 1.54) is 0 Å². The molecule has 2 saturated heterocycles. The zero-order chi connectivity index (χ0) is 22.3. The van der Waals surface area contributed by atoms with Gasteiger partial charge in [-0.2, -0.15) is 0 Å². The van der Waals surface area contributed by atoms with Crippen molar-refractivity contribution in [3.63, 3.8) is 0 Å². The maximum absolute atomic E-state index is 12.4. The van der Waals surface area contributed by atoms with Crippen molar-refractivity contribution in [2.24, 2.45) is 10.5 Å². The molecule has 11 nitrogen and oxygen atoms in total. The zero-order valence-electron chi connectivity index (χ0n) is 17.4. The average molecular weight is 430 g/mol. The summed E-state index contributed by atoms with van der Waals surface area (Å²) in [5.41, 5.74) is 9.99. The maximum atomic E-state index is 12.4. The molecule has 3 aliphatic heterocycles. The first-order valence-electron chi connectivity index (χ1n) is 9.83. The van der Waals surface area contributed by atoms with Gasteiger partial charge in [-0.1, -0.05) is 5.11 Å². The molecule has 3 atom stereocenters. The topological polar surface area (TPSA) is 140 Å². The molecule has 1 aromatic carbocycles. The third-order valence-electron chi connectivity index (χ3n) is 5.33. The molecule has 1 aromatic rings. The van der Waals surface area contributed by atoms with E-state index in [9.17, 15) is 14.4 Å². The van der Waals surface area contributed by atoms with Crippen LogP contribution >= 0.6 is 0 Å². The molecule has 3 heterocycles. The average Bonchev–Trinajstić information content (AvgIpc) is 3.24. The Hall–Kier alpha value is -3.46. The maximum Gasteiger partial charge on any atom is 0.509 e. The molecule has 0 amide bonds.